The Morgan fingerprint density at radius 1 is 1.14 bits per heavy atom. The van der Waals surface area contributed by atoms with Crippen LogP contribution in [-0.2, 0) is 9.53 Å². The predicted octanol–water partition coefficient (Wildman–Crippen LogP) is 3.87. The fourth-order valence-corrected chi connectivity index (χ4v) is 2.76. The van der Waals surface area contributed by atoms with E-state index in [1.54, 1.807) is 0 Å². The highest BCUT2D eigenvalue weighted by atomic mass is 35.5. The number of ether oxygens (including phenoxy) is 2. The monoisotopic (exact) mass is 352 g/mol. The van der Waals surface area contributed by atoms with Crippen LogP contribution in [0, 0.1) is 0 Å². The van der Waals surface area contributed by atoms with Crippen molar-refractivity contribution in [1.82, 2.24) is 0 Å². The molecule has 0 heterocycles. The van der Waals surface area contributed by atoms with Crippen molar-refractivity contribution >= 4 is 40.8 Å². The average molecular weight is 354 g/mol. The summed E-state index contributed by atoms with van der Waals surface area (Å²) in [6, 6.07) is 2.88. The van der Waals surface area contributed by atoms with E-state index in [0.717, 1.165) is 12.8 Å². The van der Waals surface area contributed by atoms with Gasteiger partial charge in [0.05, 0.1) is 21.2 Å². The lowest BCUT2D eigenvalue weighted by Crippen LogP contribution is -2.35. The highest BCUT2D eigenvalue weighted by Gasteiger charge is 2.26. The Labute approximate surface area is 137 Å². The zero-order valence-electron chi connectivity index (χ0n) is 11.2. The molecule has 0 aromatic heterocycles. The second-order valence-corrected chi connectivity index (χ2v) is 6.09. The normalized spacial score (nSPS) is 21.9. The van der Waals surface area contributed by atoms with Crippen molar-refractivity contribution in [3.63, 3.8) is 0 Å². The molecule has 116 valence electrons. The van der Waals surface area contributed by atoms with E-state index in [2.05, 4.69) is 0 Å². The molecule has 1 aromatic carbocycles. The van der Waals surface area contributed by atoms with Crippen LogP contribution in [0.3, 0.4) is 0 Å². The van der Waals surface area contributed by atoms with Crippen LogP contribution < -0.4 is 4.74 Å². The first kappa shape index (κ1) is 16.7. The molecule has 1 aliphatic carbocycles. The number of rotatable bonds is 4. The first-order valence-corrected chi connectivity index (χ1v) is 7.75. The average Bonchev–Trinajstić information content (AvgIpc) is 2.44. The van der Waals surface area contributed by atoms with E-state index >= 15 is 0 Å². The Morgan fingerprint density at radius 3 is 2.52 bits per heavy atom. The fraction of sp³-hybridized carbons (Fsp3) is 0.500. The smallest absolute Gasteiger partial charge is 0.344 e. The summed E-state index contributed by atoms with van der Waals surface area (Å²) in [5, 5.41) is 10.6. The number of aliphatic hydroxyl groups is 1. The van der Waals surface area contributed by atoms with Gasteiger partial charge in [-0.2, -0.15) is 0 Å². The van der Waals surface area contributed by atoms with Gasteiger partial charge in [-0.05, 0) is 25.3 Å². The van der Waals surface area contributed by atoms with Crippen LogP contribution in [0.15, 0.2) is 12.1 Å². The van der Waals surface area contributed by atoms with Gasteiger partial charge in [0.1, 0.15) is 11.9 Å². The van der Waals surface area contributed by atoms with E-state index in [1.165, 1.54) is 12.1 Å². The van der Waals surface area contributed by atoms with E-state index < -0.39 is 18.2 Å². The number of halogens is 3. The van der Waals surface area contributed by atoms with Crippen molar-refractivity contribution < 1.29 is 19.4 Å². The first-order chi connectivity index (χ1) is 9.97. The fourth-order valence-electron chi connectivity index (χ4n) is 2.17. The van der Waals surface area contributed by atoms with Crippen LogP contribution in [-0.4, -0.2) is 29.9 Å². The highest BCUT2D eigenvalue weighted by molar-refractivity contribution is 6.43. The van der Waals surface area contributed by atoms with Crippen LogP contribution in [0.4, 0.5) is 0 Å². The predicted molar refractivity (Wildman–Crippen MR) is 81.3 cm³/mol. The molecule has 1 saturated carbocycles. The lowest BCUT2D eigenvalue weighted by Gasteiger charge is -2.27. The molecule has 0 bridgehead atoms. The van der Waals surface area contributed by atoms with Crippen molar-refractivity contribution in [3.8, 4) is 5.75 Å². The maximum atomic E-state index is 11.7. The van der Waals surface area contributed by atoms with Crippen molar-refractivity contribution in [2.75, 3.05) is 6.61 Å². The Kier molecular flexibility index (Phi) is 5.99. The summed E-state index contributed by atoms with van der Waals surface area (Å²) in [4.78, 5) is 11.7. The zero-order valence-corrected chi connectivity index (χ0v) is 13.4. The third-order valence-electron chi connectivity index (χ3n) is 3.27. The van der Waals surface area contributed by atoms with Crippen molar-refractivity contribution in [2.45, 2.75) is 37.9 Å². The second kappa shape index (κ2) is 7.54. The maximum absolute atomic E-state index is 11.7. The lowest BCUT2D eigenvalue weighted by molar-refractivity contribution is -0.159. The minimum atomic E-state index is -0.601. The van der Waals surface area contributed by atoms with Crippen LogP contribution in [0.1, 0.15) is 25.7 Å². The third-order valence-corrected chi connectivity index (χ3v) is 4.29. The third kappa shape index (κ3) is 4.65. The molecule has 0 radical (unpaired) electrons. The summed E-state index contributed by atoms with van der Waals surface area (Å²) in [6.07, 6.45) is 2.15. The molecule has 0 aliphatic heterocycles. The van der Waals surface area contributed by atoms with Gasteiger partial charge in [0.2, 0.25) is 0 Å². The molecule has 21 heavy (non-hydrogen) atoms. The summed E-state index contributed by atoms with van der Waals surface area (Å²) in [6.45, 7) is -0.305. The molecule has 0 saturated heterocycles. The van der Waals surface area contributed by atoms with E-state index in [1.807, 2.05) is 0 Å². The number of carbonyl (C=O) groups excluding carboxylic acids is 1. The minimum absolute atomic E-state index is 0.257. The molecular formula is C14H15Cl3O4. The van der Waals surface area contributed by atoms with Gasteiger partial charge >= 0.3 is 5.97 Å². The van der Waals surface area contributed by atoms with Crippen LogP contribution in [0.5, 0.6) is 5.75 Å². The SMILES string of the molecule is O=C(COc1cc(Cl)c(Cl)cc1Cl)O[C@H]1CCCC[C@@H]1O. The van der Waals surface area contributed by atoms with E-state index in [4.69, 9.17) is 44.3 Å². The molecule has 7 heteroatoms. The molecule has 2 atom stereocenters. The van der Waals surface area contributed by atoms with Crippen molar-refractivity contribution in [3.05, 3.63) is 27.2 Å². The molecule has 1 aromatic rings. The van der Waals surface area contributed by atoms with Crippen molar-refractivity contribution in [2.24, 2.45) is 0 Å². The molecule has 1 N–H and O–H groups in total. The van der Waals surface area contributed by atoms with Crippen LogP contribution in [0.25, 0.3) is 0 Å². The molecule has 0 amide bonds. The van der Waals surface area contributed by atoms with Gasteiger partial charge in [0.15, 0.2) is 6.61 Å². The summed E-state index contributed by atoms with van der Waals surface area (Å²) in [5.74, 6) is -0.296. The minimum Gasteiger partial charge on any atom is -0.480 e. The first-order valence-electron chi connectivity index (χ1n) is 6.62. The number of esters is 1. The molecule has 1 fully saturated rings. The van der Waals surface area contributed by atoms with E-state index in [0.29, 0.717) is 17.9 Å². The van der Waals surface area contributed by atoms with Gasteiger partial charge in [0, 0.05) is 6.07 Å². The second-order valence-electron chi connectivity index (χ2n) is 4.87. The van der Waals surface area contributed by atoms with Crippen molar-refractivity contribution in [1.29, 1.82) is 0 Å². The highest BCUT2D eigenvalue weighted by Crippen LogP contribution is 2.33. The molecule has 0 unspecified atom stereocenters. The molecule has 4 nitrogen and oxygen atoms in total. The Morgan fingerprint density at radius 2 is 1.81 bits per heavy atom. The van der Waals surface area contributed by atoms with Gasteiger partial charge in [0.25, 0.3) is 0 Å². The lowest BCUT2D eigenvalue weighted by atomic mass is 9.95. The Bertz CT molecular complexity index is 521. The zero-order chi connectivity index (χ0) is 15.4. The standard InChI is InChI=1S/C14H15Cl3O4/c15-8-5-10(17)13(6-9(8)16)20-7-14(19)21-12-4-2-1-3-11(12)18/h5-6,11-12,18H,1-4,7H2/t11-,12-/m0/s1. The van der Waals surface area contributed by atoms with Gasteiger partial charge < -0.3 is 14.6 Å². The number of benzene rings is 1. The van der Waals surface area contributed by atoms with Gasteiger partial charge in [-0.3, -0.25) is 0 Å². The topological polar surface area (TPSA) is 55.8 Å². The largest absolute Gasteiger partial charge is 0.480 e. The number of hydrogen-bond acceptors (Lipinski definition) is 4. The van der Waals surface area contributed by atoms with E-state index in [9.17, 15) is 9.90 Å². The molecule has 0 spiro atoms. The van der Waals surface area contributed by atoms with Gasteiger partial charge in [-0.15, -0.1) is 0 Å². The van der Waals surface area contributed by atoms with Gasteiger partial charge in [-0.1, -0.05) is 41.2 Å². The molecule has 2 rings (SSSR count). The summed E-state index contributed by atoms with van der Waals surface area (Å²) >= 11 is 17.6. The maximum Gasteiger partial charge on any atom is 0.344 e. The van der Waals surface area contributed by atoms with Crippen LogP contribution in [0.2, 0.25) is 15.1 Å². The molecular weight excluding hydrogens is 339 g/mol. The van der Waals surface area contributed by atoms with Crippen LogP contribution >= 0.6 is 34.8 Å². The summed E-state index contributed by atoms with van der Waals surface area (Å²) in [7, 11) is 0. The number of aliphatic hydroxyl groups excluding tert-OH is 1. The van der Waals surface area contributed by atoms with E-state index in [-0.39, 0.29) is 22.4 Å². The molecule has 1 aliphatic rings. The quantitative estimate of drug-likeness (QED) is 0.659. The summed E-state index contributed by atoms with van der Waals surface area (Å²) in [5.41, 5.74) is 0. The Balaban J connectivity index is 1.88. The Hall–Kier alpha value is -0.680. The summed E-state index contributed by atoms with van der Waals surface area (Å²) < 4.78 is 10.5. The number of hydrogen-bond donors (Lipinski definition) is 1. The van der Waals surface area contributed by atoms with Gasteiger partial charge in [-0.25, -0.2) is 4.79 Å². The number of carbonyl (C=O) groups is 1.